The molecule has 2 N–H and O–H groups in total. The molecule has 1 heterocycles. The molecule has 1 aromatic carbocycles. The molecule has 2 aliphatic rings. The molecule has 1 fully saturated rings. The van der Waals surface area contributed by atoms with E-state index >= 15 is 0 Å². The Kier molecular flexibility index (Phi) is 3.90. The number of hydrogen-bond donors (Lipinski definition) is 2. The molecule has 22 heavy (non-hydrogen) atoms. The molecule has 0 atom stereocenters. The number of sulfonamides is 1. The number of benzene rings is 1. The van der Waals surface area contributed by atoms with E-state index in [0.717, 1.165) is 6.42 Å². The Bertz CT molecular complexity index is 728. The number of amides is 1. The molecule has 3 rings (SSSR count). The minimum Gasteiger partial charge on any atom is -0.482 e. The van der Waals surface area contributed by atoms with Crippen molar-refractivity contribution in [3.05, 3.63) is 16.6 Å². The molecule has 120 valence electrons. The van der Waals surface area contributed by atoms with Gasteiger partial charge in [0.25, 0.3) is 5.91 Å². The van der Waals surface area contributed by atoms with Crippen molar-refractivity contribution in [2.45, 2.75) is 29.7 Å². The van der Waals surface area contributed by atoms with Crippen LogP contribution in [0.3, 0.4) is 0 Å². The van der Waals surface area contributed by atoms with E-state index in [1.54, 1.807) is 0 Å². The van der Waals surface area contributed by atoms with Crippen molar-refractivity contribution in [1.82, 2.24) is 4.72 Å². The fourth-order valence-corrected chi connectivity index (χ4v) is 4.99. The van der Waals surface area contributed by atoms with E-state index in [-0.39, 0.29) is 27.6 Å². The van der Waals surface area contributed by atoms with Gasteiger partial charge >= 0.3 is 0 Å². The Morgan fingerprint density at radius 2 is 2.14 bits per heavy atom. The van der Waals surface area contributed by atoms with Crippen LogP contribution in [-0.4, -0.2) is 33.1 Å². The number of carbonyl (C=O) groups is 1. The van der Waals surface area contributed by atoms with Crippen LogP contribution in [0, 0.1) is 0 Å². The van der Waals surface area contributed by atoms with Crippen molar-refractivity contribution in [3.63, 3.8) is 0 Å². The molecule has 0 unspecified atom stereocenters. The second kappa shape index (κ2) is 5.47. The molecule has 1 saturated carbocycles. The highest BCUT2D eigenvalue weighted by molar-refractivity contribution is 9.10. The van der Waals surface area contributed by atoms with Crippen LogP contribution in [0.2, 0.25) is 0 Å². The average Bonchev–Trinajstić information content (AvgIpc) is 2.42. The number of rotatable bonds is 4. The van der Waals surface area contributed by atoms with E-state index in [1.807, 2.05) is 0 Å². The van der Waals surface area contributed by atoms with Crippen LogP contribution >= 0.6 is 15.9 Å². The molecule has 0 saturated heterocycles. The summed E-state index contributed by atoms with van der Waals surface area (Å²) in [6.07, 6.45) is 1.77. The van der Waals surface area contributed by atoms with Gasteiger partial charge in [-0.25, -0.2) is 17.5 Å². The summed E-state index contributed by atoms with van der Waals surface area (Å²) in [6, 6.07) is 2.79. The maximum atomic E-state index is 13.1. The summed E-state index contributed by atoms with van der Waals surface area (Å²) in [7, 11) is -3.90. The Morgan fingerprint density at radius 1 is 1.41 bits per heavy atom. The number of alkyl halides is 1. The van der Waals surface area contributed by atoms with Gasteiger partial charge in [-0.15, -0.1) is 0 Å². The molecule has 0 spiro atoms. The lowest BCUT2D eigenvalue weighted by atomic mass is 9.79. The van der Waals surface area contributed by atoms with Gasteiger partial charge in [0.05, 0.1) is 11.2 Å². The lowest BCUT2D eigenvalue weighted by Gasteiger charge is -2.39. The van der Waals surface area contributed by atoms with E-state index in [2.05, 4.69) is 26.0 Å². The first-order valence-corrected chi connectivity index (χ1v) is 8.99. The number of nitrogens with one attached hydrogen (secondary N) is 2. The Morgan fingerprint density at radius 3 is 2.73 bits per heavy atom. The first-order valence-electron chi connectivity index (χ1n) is 6.71. The van der Waals surface area contributed by atoms with E-state index in [9.17, 15) is 17.6 Å². The highest BCUT2D eigenvalue weighted by Gasteiger charge is 2.41. The van der Waals surface area contributed by atoms with Gasteiger partial charge in [0.15, 0.2) is 6.61 Å². The summed E-state index contributed by atoms with van der Waals surface area (Å²) in [5, 5.41) is 2.59. The number of carbonyl (C=O) groups excluding carboxylic acids is 1. The number of hydrogen-bond acceptors (Lipinski definition) is 4. The van der Waals surface area contributed by atoms with Crippen molar-refractivity contribution in [1.29, 1.82) is 0 Å². The third kappa shape index (κ3) is 2.72. The van der Waals surface area contributed by atoms with Crippen molar-refractivity contribution in [2.24, 2.45) is 0 Å². The largest absolute Gasteiger partial charge is 0.482 e. The topological polar surface area (TPSA) is 84.5 Å². The van der Waals surface area contributed by atoms with E-state index < -0.39 is 22.2 Å². The Labute approximate surface area is 135 Å². The lowest BCUT2D eigenvalue weighted by Crippen LogP contribution is -2.55. The van der Waals surface area contributed by atoms with E-state index in [4.69, 9.17) is 4.74 Å². The second-order valence-corrected chi connectivity index (χ2v) is 7.99. The normalized spacial score (nSPS) is 19.6. The van der Waals surface area contributed by atoms with E-state index in [1.165, 1.54) is 12.1 Å². The summed E-state index contributed by atoms with van der Waals surface area (Å²) >= 11 is 3.18. The molecule has 0 bridgehead atoms. The third-order valence-electron chi connectivity index (χ3n) is 3.87. The van der Waals surface area contributed by atoms with Crippen LogP contribution in [-0.2, 0) is 14.8 Å². The van der Waals surface area contributed by atoms with Gasteiger partial charge in [-0.1, -0.05) is 0 Å². The number of fused-ring (bicyclic) bond motifs is 1. The fourth-order valence-electron chi connectivity index (χ4n) is 2.49. The SMILES string of the molecule is O=C1COc2cc(S(=O)(=O)NC3(CF)CCC3)c(Br)cc2N1. The molecule has 0 radical (unpaired) electrons. The first kappa shape index (κ1) is 15.7. The summed E-state index contributed by atoms with van der Waals surface area (Å²) in [4.78, 5) is 11.2. The van der Waals surface area contributed by atoms with Gasteiger partial charge in [0.2, 0.25) is 10.0 Å². The Balaban J connectivity index is 1.95. The van der Waals surface area contributed by atoms with Crippen molar-refractivity contribution < 1.29 is 22.3 Å². The maximum Gasteiger partial charge on any atom is 0.262 e. The van der Waals surface area contributed by atoms with Crippen LogP contribution in [0.25, 0.3) is 0 Å². The highest BCUT2D eigenvalue weighted by atomic mass is 79.9. The number of ether oxygens (including phenoxy) is 1. The minimum atomic E-state index is -3.90. The fraction of sp³-hybridized carbons (Fsp3) is 0.462. The number of anilines is 1. The summed E-state index contributed by atoms with van der Waals surface area (Å²) < 4.78 is 46.1. The third-order valence-corrected chi connectivity index (χ3v) is 6.41. The lowest BCUT2D eigenvalue weighted by molar-refractivity contribution is -0.118. The van der Waals surface area contributed by atoms with Gasteiger partial charge in [0.1, 0.15) is 17.3 Å². The predicted octanol–water partition coefficient (Wildman–Crippen LogP) is 1.95. The molecule has 9 heteroatoms. The molecule has 1 aliphatic heterocycles. The highest BCUT2D eigenvalue weighted by Crippen LogP contribution is 2.38. The second-order valence-electron chi connectivity index (χ2n) is 5.49. The molecule has 1 aromatic rings. The van der Waals surface area contributed by atoms with Crippen LogP contribution < -0.4 is 14.8 Å². The Hall–Kier alpha value is -1.19. The van der Waals surface area contributed by atoms with Gasteiger partial charge in [-0.3, -0.25) is 4.79 Å². The summed E-state index contributed by atoms with van der Waals surface area (Å²) in [6.45, 7) is -0.905. The maximum absolute atomic E-state index is 13.1. The van der Waals surface area contributed by atoms with Crippen molar-refractivity contribution in [2.75, 3.05) is 18.6 Å². The smallest absolute Gasteiger partial charge is 0.262 e. The van der Waals surface area contributed by atoms with Crippen LogP contribution in [0.4, 0.5) is 10.1 Å². The van der Waals surface area contributed by atoms with Crippen LogP contribution in [0.15, 0.2) is 21.5 Å². The molecular formula is C13H14BrFN2O4S. The van der Waals surface area contributed by atoms with Gasteiger partial charge < -0.3 is 10.1 Å². The van der Waals surface area contributed by atoms with Gasteiger partial charge in [0, 0.05) is 10.5 Å². The molecule has 6 nitrogen and oxygen atoms in total. The minimum absolute atomic E-state index is 0.0397. The number of halogens is 2. The van der Waals surface area contributed by atoms with Crippen LogP contribution in [0.1, 0.15) is 19.3 Å². The molecule has 1 amide bonds. The standard InChI is InChI=1S/C13H14BrFN2O4S/c14-8-4-9-10(21-6-12(18)16-9)5-11(8)22(19,20)17-13(7-15)2-1-3-13/h4-5,17H,1-3,6-7H2,(H,16,18). The molecule has 1 aliphatic carbocycles. The van der Waals surface area contributed by atoms with Crippen molar-refractivity contribution >= 4 is 37.5 Å². The monoisotopic (exact) mass is 392 g/mol. The zero-order valence-electron chi connectivity index (χ0n) is 11.5. The quantitative estimate of drug-likeness (QED) is 0.819. The first-order chi connectivity index (χ1) is 10.4. The molecule has 0 aromatic heterocycles. The van der Waals surface area contributed by atoms with Gasteiger partial charge in [-0.05, 0) is 41.3 Å². The van der Waals surface area contributed by atoms with Crippen molar-refractivity contribution in [3.8, 4) is 5.75 Å². The van der Waals surface area contributed by atoms with Gasteiger partial charge in [-0.2, -0.15) is 0 Å². The van der Waals surface area contributed by atoms with E-state index in [0.29, 0.717) is 18.5 Å². The van der Waals surface area contributed by atoms with Crippen LogP contribution in [0.5, 0.6) is 5.75 Å². The predicted molar refractivity (Wildman–Crippen MR) is 81.1 cm³/mol. The zero-order valence-corrected chi connectivity index (χ0v) is 13.9. The molecular weight excluding hydrogens is 379 g/mol. The summed E-state index contributed by atoms with van der Waals surface area (Å²) in [5.41, 5.74) is -0.602. The average molecular weight is 393 g/mol. The zero-order chi connectivity index (χ0) is 16.0. The summed E-state index contributed by atoms with van der Waals surface area (Å²) in [5.74, 6) is -0.0370.